The van der Waals surface area contributed by atoms with Gasteiger partial charge in [-0.15, -0.1) is 0 Å². The number of rotatable bonds is 8. The molecule has 0 saturated heterocycles. The van der Waals surface area contributed by atoms with Crippen LogP contribution in [0.15, 0.2) is 70.3 Å². The SMILES string of the molecule is Cn1c(=O)n(Cc2ccccc2)c(=O)c2c1nc(NC[C@H](O)CO)n2Cc1ccccc1. The van der Waals surface area contributed by atoms with Gasteiger partial charge in [-0.25, -0.2) is 4.79 Å². The lowest BCUT2D eigenvalue weighted by Crippen LogP contribution is -2.40. The first-order chi connectivity index (χ1) is 15.5. The van der Waals surface area contributed by atoms with Crippen LogP contribution in [0.2, 0.25) is 0 Å². The highest BCUT2D eigenvalue weighted by atomic mass is 16.3. The van der Waals surface area contributed by atoms with E-state index in [1.165, 1.54) is 9.13 Å². The Labute approximate surface area is 183 Å². The largest absolute Gasteiger partial charge is 0.394 e. The fourth-order valence-electron chi connectivity index (χ4n) is 3.61. The lowest BCUT2D eigenvalue weighted by Gasteiger charge is -2.13. The van der Waals surface area contributed by atoms with Gasteiger partial charge in [0.25, 0.3) is 5.56 Å². The average molecular weight is 435 g/mol. The molecule has 9 heteroatoms. The van der Waals surface area contributed by atoms with Crippen molar-refractivity contribution in [1.82, 2.24) is 18.7 Å². The zero-order valence-corrected chi connectivity index (χ0v) is 17.7. The number of aromatic nitrogens is 4. The summed E-state index contributed by atoms with van der Waals surface area (Å²) >= 11 is 0. The highest BCUT2D eigenvalue weighted by Gasteiger charge is 2.21. The van der Waals surface area contributed by atoms with Gasteiger partial charge in [-0.05, 0) is 11.1 Å². The maximum atomic E-state index is 13.5. The van der Waals surface area contributed by atoms with E-state index in [9.17, 15) is 14.7 Å². The minimum absolute atomic E-state index is 0.0424. The highest BCUT2D eigenvalue weighted by molar-refractivity contribution is 5.74. The molecule has 3 N–H and O–H groups in total. The van der Waals surface area contributed by atoms with Crippen LogP contribution >= 0.6 is 0 Å². The molecular weight excluding hydrogens is 410 g/mol. The predicted octanol–water partition coefficient (Wildman–Crippen LogP) is 0.758. The molecule has 0 radical (unpaired) electrons. The zero-order valence-electron chi connectivity index (χ0n) is 17.7. The summed E-state index contributed by atoms with van der Waals surface area (Å²) in [5.41, 5.74) is 1.42. The molecule has 0 amide bonds. The summed E-state index contributed by atoms with van der Waals surface area (Å²) in [6.45, 7) is 0.119. The summed E-state index contributed by atoms with van der Waals surface area (Å²) in [4.78, 5) is 31.0. The van der Waals surface area contributed by atoms with Crippen LogP contribution < -0.4 is 16.6 Å². The molecule has 0 saturated carbocycles. The number of aliphatic hydroxyl groups excluding tert-OH is 2. The molecule has 0 aliphatic heterocycles. The minimum Gasteiger partial charge on any atom is -0.394 e. The van der Waals surface area contributed by atoms with E-state index in [0.29, 0.717) is 12.5 Å². The van der Waals surface area contributed by atoms with E-state index in [1.54, 1.807) is 11.6 Å². The molecule has 0 bridgehead atoms. The van der Waals surface area contributed by atoms with Crippen LogP contribution in [0.25, 0.3) is 11.2 Å². The molecule has 9 nitrogen and oxygen atoms in total. The molecule has 2 aromatic heterocycles. The Morgan fingerprint density at radius 3 is 2.06 bits per heavy atom. The number of aliphatic hydroxyl groups is 2. The summed E-state index contributed by atoms with van der Waals surface area (Å²) < 4.78 is 4.26. The summed E-state index contributed by atoms with van der Waals surface area (Å²) in [5.74, 6) is 0.334. The van der Waals surface area contributed by atoms with Crippen LogP contribution in [0.4, 0.5) is 5.95 Å². The van der Waals surface area contributed by atoms with Crippen molar-refractivity contribution in [1.29, 1.82) is 0 Å². The molecule has 0 unspecified atom stereocenters. The first-order valence-corrected chi connectivity index (χ1v) is 10.3. The monoisotopic (exact) mass is 435 g/mol. The second-order valence-corrected chi connectivity index (χ2v) is 7.62. The molecule has 0 spiro atoms. The smallest absolute Gasteiger partial charge is 0.332 e. The van der Waals surface area contributed by atoms with E-state index >= 15 is 0 Å². The number of imidazole rings is 1. The third kappa shape index (κ3) is 4.20. The fourth-order valence-corrected chi connectivity index (χ4v) is 3.61. The first-order valence-electron chi connectivity index (χ1n) is 10.3. The molecule has 4 rings (SSSR count). The number of fused-ring (bicyclic) bond motifs is 1. The van der Waals surface area contributed by atoms with Crippen LogP contribution in [0.3, 0.4) is 0 Å². The van der Waals surface area contributed by atoms with Crippen molar-refractivity contribution in [3.8, 4) is 0 Å². The van der Waals surface area contributed by atoms with Crippen LogP contribution in [0, 0.1) is 0 Å². The van der Waals surface area contributed by atoms with Crippen LogP contribution in [0.1, 0.15) is 11.1 Å². The van der Waals surface area contributed by atoms with Gasteiger partial charge in [0.1, 0.15) is 0 Å². The van der Waals surface area contributed by atoms with Gasteiger partial charge in [-0.1, -0.05) is 60.7 Å². The third-order valence-corrected chi connectivity index (χ3v) is 5.31. The normalized spacial score (nSPS) is 12.2. The van der Waals surface area contributed by atoms with Gasteiger partial charge in [0.05, 0.1) is 25.8 Å². The average Bonchev–Trinajstić information content (AvgIpc) is 3.18. The van der Waals surface area contributed by atoms with Gasteiger partial charge in [-0.2, -0.15) is 4.98 Å². The van der Waals surface area contributed by atoms with Gasteiger partial charge >= 0.3 is 5.69 Å². The van der Waals surface area contributed by atoms with Crippen molar-refractivity contribution in [2.24, 2.45) is 7.05 Å². The van der Waals surface area contributed by atoms with Gasteiger partial charge < -0.3 is 15.5 Å². The number of nitrogens with zero attached hydrogens (tertiary/aromatic N) is 4. The zero-order chi connectivity index (χ0) is 22.7. The molecule has 0 aliphatic rings. The predicted molar refractivity (Wildman–Crippen MR) is 122 cm³/mol. The quantitative estimate of drug-likeness (QED) is 0.377. The second-order valence-electron chi connectivity index (χ2n) is 7.62. The fraction of sp³-hybridized carbons (Fsp3) is 0.261. The van der Waals surface area contributed by atoms with Crippen LogP contribution in [0.5, 0.6) is 0 Å². The molecule has 0 fully saturated rings. The third-order valence-electron chi connectivity index (χ3n) is 5.31. The van der Waals surface area contributed by atoms with Gasteiger partial charge in [0, 0.05) is 13.6 Å². The van der Waals surface area contributed by atoms with Gasteiger partial charge in [0.15, 0.2) is 11.2 Å². The molecule has 4 aromatic rings. The van der Waals surface area contributed by atoms with Crippen molar-refractivity contribution in [2.45, 2.75) is 19.2 Å². The van der Waals surface area contributed by atoms with Crippen molar-refractivity contribution < 1.29 is 10.2 Å². The summed E-state index contributed by atoms with van der Waals surface area (Å²) in [7, 11) is 1.58. The number of anilines is 1. The van der Waals surface area contributed by atoms with E-state index < -0.39 is 24.0 Å². The van der Waals surface area contributed by atoms with E-state index in [2.05, 4.69) is 10.3 Å². The summed E-state index contributed by atoms with van der Waals surface area (Å²) in [6.07, 6.45) is -0.987. The highest BCUT2D eigenvalue weighted by Crippen LogP contribution is 2.18. The maximum absolute atomic E-state index is 13.5. The Kier molecular flexibility index (Phi) is 6.20. The Morgan fingerprint density at radius 1 is 0.938 bits per heavy atom. The Hall–Kier alpha value is -3.69. The number of benzene rings is 2. The first kappa shape index (κ1) is 21.5. The molecule has 166 valence electrons. The lowest BCUT2D eigenvalue weighted by molar-refractivity contribution is 0.105. The van der Waals surface area contributed by atoms with E-state index in [0.717, 1.165) is 11.1 Å². The molecule has 1 atom stereocenters. The minimum atomic E-state index is -0.987. The second kappa shape index (κ2) is 9.21. The van der Waals surface area contributed by atoms with Gasteiger partial charge in [-0.3, -0.25) is 18.5 Å². The van der Waals surface area contributed by atoms with E-state index in [-0.39, 0.29) is 24.3 Å². The van der Waals surface area contributed by atoms with E-state index in [1.807, 2.05) is 60.7 Å². The molecule has 2 heterocycles. The Balaban J connectivity index is 1.89. The van der Waals surface area contributed by atoms with E-state index in [4.69, 9.17) is 5.11 Å². The molecular formula is C23H25N5O4. The van der Waals surface area contributed by atoms with Crippen LogP contribution in [-0.2, 0) is 20.1 Å². The molecule has 2 aromatic carbocycles. The maximum Gasteiger partial charge on any atom is 0.332 e. The number of hydrogen-bond donors (Lipinski definition) is 3. The Morgan fingerprint density at radius 2 is 1.50 bits per heavy atom. The summed E-state index contributed by atoms with van der Waals surface area (Å²) in [5, 5.41) is 21.9. The van der Waals surface area contributed by atoms with Crippen molar-refractivity contribution >= 4 is 17.1 Å². The molecule has 0 aliphatic carbocycles. The standard InChI is InChI=1S/C23H25N5O4/c1-26-20-19(21(31)28(23(26)32)14-17-10-6-3-7-11-17)27(13-16-8-4-2-5-9-16)22(25-20)24-12-18(30)15-29/h2-11,18,29-30H,12-15H2,1H3,(H,24,25)/t18-/m0/s1. The topological polar surface area (TPSA) is 114 Å². The van der Waals surface area contributed by atoms with Gasteiger partial charge in [0.2, 0.25) is 5.95 Å². The lowest BCUT2D eigenvalue weighted by atomic mass is 10.2. The number of nitrogens with one attached hydrogen (secondary N) is 1. The van der Waals surface area contributed by atoms with Crippen molar-refractivity contribution in [3.63, 3.8) is 0 Å². The summed E-state index contributed by atoms with van der Waals surface area (Å²) in [6, 6.07) is 18.9. The van der Waals surface area contributed by atoms with Crippen molar-refractivity contribution in [2.75, 3.05) is 18.5 Å². The van der Waals surface area contributed by atoms with Crippen molar-refractivity contribution in [3.05, 3.63) is 92.6 Å². The Bertz CT molecular complexity index is 1330. The number of hydrogen-bond acceptors (Lipinski definition) is 6. The number of aryl methyl sites for hydroxylation is 1. The molecule has 32 heavy (non-hydrogen) atoms. The van der Waals surface area contributed by atoms with Crippen LogP contribution in [-0.4, -0.2) is 48.2 Å².